The highest BCUT2D eigenvalue weighted by atomic mass is 16.6. The Kier molecular flexibility index (Phi) is 55.7. The Morgan fingerprint density at radius 2 is 0.522 bits per heavy atom. The summed E-state index contributed by atoms with van der Waals surface area (Å²) in [6.07, 6.45) is 71.0. The van der Waals surface area contributed by atoms with Gasteiger partial charge in [-0.05, 0) is 103 Å². The van der Waals surface area contributed by atoms with Crippen molar-refractivity contribution in [3.05, 3.63) is 48.6 Å². The van der Waals surface area contributed by atoms with Gasteiger partial charge in [0.15, 0.2) is 6.10 Å². The van der Waals surface area contributed by atoms with Gasteiger partial charge >= 0.3 is 17.9 Å². The molecule has 0 N–H and O–H groups in total. The van der Waals surface area contributed by atoms with Crippen molar-refractivity contribution < 1.29 is 28.6 Å². The standard InChI is InChI=1S/C63H114O6/c1-4-7-10-13-16-19-22-25-28-30-31-33-36-38-41-44-47-50-53-56-62(65)68-59-60(69-63(66)57-54-51-48-45-42-39-34-27-24-21-18-15-12-9-6-3)58-67-61(64)55-52-49-46-43-40-37-35-32-29-26-23-20-17-14-11-8-5-2/h18,21,25-29,34,60H,4-17,19-20,22-24,30-33,35-59H2,1-3H3/b21-18-,28-25-,29-26-,34-27-/t60-/m0/s1. The number of allylic oxidation sites excluding steroid dienone is 8. The molecule has 0 amide bonds. The molecule has 0 aromatic heterocycles. The Hall–Kier alpha value is -2.63. The van der Waals surface area contributed by atoms with Gasteiger partial charge in [-0.3, -0.25) is 14.4 Å². The van der Waals surface area contributed by atoms with Crippen LogP contribution < -0.4 is 0 Å². The van der Waals surface area contributed by atoms with Gasteiger partial charge < -0.3 is 14.2 Å². The molecule has 0 aliphatic rings. The van der Waals surface area contributed by atoms with E-state index in [1.807, 2.05) is 0 Å². The van der Waals surface area contributed by atoms with Gasteiger partial charge in [0, 0.05) is 19.3 Å². The molecule has 6 nitrogen and oxygen atoms in total. The van der Waals surface area contributed by atoms with Crippen LogP contribution in [0.2, 0.25) is 0 Å². The number of hydrogen-bond acceptors (Lipinski definition) is 6. The van der Waals surface area contributed by atoms with Gasteiger partial charge in [0.1, 0.15) is 13.2 Å². The second-order valence-electron chi connectivity index (χ2n) is 20.2. The summed E-state index contributed by atoms with van der Waals surface area (Å²) in [5.74, 6) is -0.884. The van der Waals surface area contributed by atoms with Crippen molar-refractivity contribution >= 4 is 17.9 Å². The zero-order chi connectivity index (χ0) is 50.0. The molecule has 402 valence electrons. The summed E-state index contributed by atoms with van der Waals surface area (Å²) < 4.78 is 16.9. The minimum atomic E-state index is -0.783. The minimum Gasteiger partial charge on any atom is -0.462 e. The number of unbranched alkanes of at least 4 members (excludes halogenated alkanes) is 36. The topological polar surface area (TPSA) is 78.9 Å². The second kappa shape index (κ2) is 57.9. The lowest BCUT2D eigenvalue weighted by Gasteiger charge is -2.18. The van der Waals surface area contributed by atoms with Crippen molar-refractivity contribution in [3.63, 3.8) is 0 Å². The Bertz CT molecular complexity index is 1200. The first-order valence-electron chi connectivity index (χ1n) is 30.1. The van der Waals surface area contributed by atoms with Crippen LogP contribution in [0.1, 0.15) is 316 Å². The molecule has 0 rings (SSSR count). The summed E-state index contributed by atoms with van der Waals surface area (Å²) in [5.41, 5.74) is 0. The van der Waals surface area contributed by atoms with Crippen molar-refractivity contribution in [2.45, 2.75) is 322 Å². The van der Waals surface area contributed by atoms with Crippen LogP contribution in [-0.4, -0.2) is 37.2 Å². The molecule has 0 aliphatic heterocycles. The number of ether oxygens (including phenoxy) is 3. The number of esters is 3. The third-order valence-corrected chi connectivity index (χ3v) is 13.3. The lowest BCUT2D eigenvalue weighted by molar-refractivity contribution is -0.167. The highest BCUT2D eigenvalue weighted by Gasteiger charge is 2.19. The van der Waals surface area contributed by atoms with Crippen LogP contribution in [0.15, 0.2) is 48.6 Å². The summed E-state index contributed by atoms with van der Waals surface area (Å²) in [4.78, 5) is 38.2. The van der Waals surface area contributed by atoms with Gasteiger partial charge in [0.25, 0.3) is 0 Å². The van der Waals surface area contributed by atoms with Crippen molar-refractivity contribution in [2.24, 2.45) is 0 Å². The average molecular weight is 968 g/mol. The molecule has 1 atom stereocenters. The number of rotatable bonds is 55. The SMILES string of the molecule is CCCCC/C=C\C/C=C\CCCCCCCC(=O)O[C@@H](COC(=O)CCCCCCCCC/C=C\CCCCCCCC)COC(=O)CCCCCCCCCCC/C=C\CCCCCCCC. The van der Waals surface area contributed by atoms with Gasteiger partial charge in [-0.2, -0.15) is 0 Å². The molecule has 0 heterocycles. The average Bonchev–Trinajstić information content (AvgIpc) is 3.35. The van der Waals surface area contributed by atoms with E-state index in [2.05, 4.69) is 69.4 Å². The molecule has 0 spiro atoms. The van der Waals surface area contributed by atoms with Crippen molar-refractivity contribution in [3.8, 4) is 0 Å². The third-order valence-electron chi connectivity index (χ3n) is 13.3. The molecule has 0 saturated carbocycles. The van der Waals surface area contributed by atoms with Gasteiger partial charge in [-0.15, -0.1) is 0 Å². The smallest absolute Gasteiger partial charge is 0.306 e. The van der Waals surface area contributed by atoms with E-state index in [1.165, 1.54) is 193 Å². The van der Waals surface area contributed by atoms with Gasteiger partial charge in [-0.25, -0.2) is 0 Å². The first-order chi connectivity index (χ1) is 34.0. The second-order valence-corrected chi connectivity index (χ2v) is 20.2. The van der Waals surface area contributed by atoms with Crippen LogP contribution >= 0.6 is 0 Å². The largest absolute Gasteiger partial charge is 0.462 e. The molecule has 0 saturated heterocycles. The fourth-order valence-corrected chi connectivity index (χ4v) is 8.70. The summed E-state index contributed by atoms with van der Waals surface area (Å²) in [6.45, 7) is 6.63. The van der Waals surface area contributed by atoms with Crippen molar-refractivity contribution in [1.82, 2.24) is 0 Å². The van der Waals surface area contributed by atoms with E-state index >= 15 is 0 Å². The molecule has 69 heavy (non-hydrogen) atoms. The van der Waals surface area contributed by atoms with Crippen LogP contribution in [0.4, 0.5) is 0 Å². The summed E-state index contributed by atoms with van der Waals surface area (Å²) in [6, 6.07) is 0. The lowest BCUT2D eigenvalue weighted by atomic mass is 10.1. The molecular weight excluding hydrogens is 853 g/mol. The zero-order valence-electron chi connectivity index (χ0n) is 46.1. The van der Waals surface area contributed by atoms with E-state index < -0.39 is 6.10 Å². The number of carbonyl (C=O) groups excluding carboxylic acids is 3. The van der Waals surface area contributed by atoms with Crippen LogP contribution in [-0.2, 0) is 28.6 Å². The van der Waals surface area contributed by atoms with Gasteiger partial charge in [0.05, 0.1) is 0 Å². The summed E-state index contributed by atoms with van der Waals surface area (Å²) in [5, 5.41) is 0. The normalized spacial score (nSPS) is 12.3. The fourth-order valence-electron chi connectivity index (χ4n) is 8.70. The van der Waals surface area contributed by atoms with Gasteiger partial charge in [-0.1, -0.05) is 243 Å². The third kappa shape index (κ3) is 56.2. The molecule has 0 unspecified atom stereocenters. The molecular formula is C63H114O6. The maximum absolute atomic E-state index is 12.9. The van der Waals surface area contributed by atoms with Crippen LogP contribution in [0.3, 0.4) is 0 Å². The van der Waals surface area contributed by atoms with E-state index in [9.17, 15) is 14.4 Å². The van der Waals surface area contributed by atoms with Crippen LogP contribution in [0.5, 0.6) is 0 Å². The predicted molar refractivity (Wildman–Crippen MR) is 298 cm³/mol. The number of hydrogen-bond donors (Lipinski definition) is 0. The minimum absolute atomic E-state index is 0.0795. The quantitative estimate of drug-likeness (QED) is 0.0262. The predicted octanol–water partition coefficient (Wildman–Crippen LogP) is 20.2. The summed E-state index contributed by atoms with van der Waals surface area (Å²) >= 11 is 0. The molecule has 0 fully saturated rings. The first-order valence-corrected chi connectivity index (χ1v) is 30.1. The fraction of sp³-hybridized carbons (Fsp3) is 0.825. The van der Waals surface area contributed by atoms with E-state index in [0.29, 0.717) is 19.3 Å². The van der Waals surface area contributed by atoms with E-state index in [1.54, 1.807) is 0 Å². The molecule has 0 bridgehead atoms. The highest BCUT2D eigenvalue weighted by Crippen LogP contribution is 2.16. The van der Waals surface area contributed by atoms with Crippen molar-refractivity contribution in [2.75, 3.05) is 13.2 Å². The van der Waals surface area contributed by atoms with Crippen molar-refractivity contribution in [1.29, 1.82) is 0 Å². The lowest BCUT2D eigenvalue weighted by Crippen LogP contribution is -2.30. The molecule has 6 heteroatoms. The Labute approximate surface area is 428 Å². The number of carbonyl (C=O) groups is 3. The maximum Gasteiger partial charge on any atom is 0.306 e. The van der Waals surface area contributed by atoms with Gasteiger partial charge in [0.2, 0.25) is 0 Å². The van der Waals surface area contributed by atoms with E-state index in [0.717, 1.165) is 83.5 Å². The Morgan fingerprint density at radius 3 is 0.841 bits per heavy atom. The van der Waals surface area contributed by atoms with Crippen LogP contribution in [0, 0.1) is 0 Å². The Morgan fingerprint density at radius 1 is 0.290 bits per heavy atom. The summed E-state index contributed by atoms with van der Waals surface area (Å²) in [7, 11) is 0. The molecule has 0 aliphatic carbocycles. The monoisotopic (exact) mass is 967 g/mol. The maximum atomic E-state index is 12.9. The van der Waals surface area contributed by atoms with E-state index in [4.69, 9.17) is 14.2 Å². The molecule has 0 aromatic carbocycles. The highest BCUT2D eigenvalue weighted by molar-refractivity contribution is 5.71. The van der Waals surface area contributed by atoms with E-state index in [-0.39, 0.29) is 31.1 Å². The first kappa shape index (κ1) is 66.4. The zero-order valence-corrected chi connectivity index (χ0v) is 46.1. The Balaban J connectivity index is 4.36. The molecule has 0 aromatic rings. The molecule has 0 radical (unpaired) electrons. The van der Waals surface area contributed by atoms with Crippen LogP contribution in [0.25, 0.3) is 0 Å².